The smallest absolute Gasteiger partial charge is 0.150 e. The van der Waals surface area contributed by atoms with Gasteiger partial charge in [0.25, 0.3) is 0 Å². The van der Waals surface area contributed by atoms with Crippen molar-refractivity contribution >= 4 is 22.9 Å². The van der Waals surface area contributed by atoms with Crippen LogP contribution in [0.5, 0.6) is 5.75 Å². The van der Waals surface area contributed by atoms with Crippen molar-refractivity contribution in [3.8, 4) is 5.75 Å². The molecule has 0 fully saturated rings. The highest BCUT2D eigenvalue weighted by atomic mass is 16.5. The van der Waals surface area contributed by atoms with E-state index < -0.39 is 0 Å². The number of carbonyl (C=O) groups is 1. The van der Waals surface area contributed by atoms with Crippen LogP contribution in [-0.2, 0) is 6.42 Å². The number of aromatic nitrogens is 1. The summed E-state index contributed by atoms with van der Waals surface area (Å²) < 4.78 is 5.38. The molecule has 2 aromatic carbocycles. The number of ether oxygens (including phenoxy) is 1. The van der Waals surface area contributed by atoms with Crippen LogP contribution in [0, 0.1) is 0 Å². The second kappa shape index (κ2) is 5.32. The van der Waals surface area contributed by atoms with Crippen molar-refractivity contribution in [3.05, 3.63) is 59.3 Å². The molecule has 3 rings (SSSR count). The molecule has 1 heterocycles. The highest BCUT2D eigenvalue weighted by molar-refractivity contribution is 5.86. The molecule has 0 unspecified atom stereocenters. The van der Waals surface area contributed by atoms with Gasteiger partial charge in [0.1, 0.15) is 12.0 Å². The molecule has 3 aromatic rings. The monoisotopic (exact) mass is 280 g/mol. The maximum Gasteiger partial charge on any atom is 0.150 e. The van der Waals surface area contributed by atoms with Crippen LogP contribution >= 0.6 is 0 Å². The number of hydrogen-bond donors (Lipinski definition) is 2. The van der Waals surface area contributed by atoms with Gasteiger partial charge in [0.05, 0.1) is 7.11 Å². The standard InChI is InChI=1S/C17H16N2O2/c1-21-17-6-11(10-20)2-3-12(17)7-13-9-19-16-5-4-14(18)8-15(13)16/h2-6,8-10,19H,7,18H2,1H3. The molecule has 0 amide bonds. The third-order valence-electron chi connectivity index (χ3n) is 3.62. The molecule has 0 radical (unpaired) electrons. The van der Waals surface area contributed by atoms with Crippen molar-refractivity contribution in [2.45, 2.75) is 6.42 Å². The van der Waals surface area contributed by atoms with E-state index in [4.69, 9.17) is 10.5 Å². The van der Waals surface area contributed by atoms with E-state index in [2.05, 4.69) is 4.98 Å². The summed E-state index contributed by atoms with van der Waals surface area (Å²) in [5.41, 5.74) is 10.5. The third kappa shape index (κ3) is 2.48. The van der Waals surface area contributed by atoms with E-state index in [0.717, 1.165) is 39.8 Å². The number of anilines is 1. The van der Waals surface area contributed by atoms with Crippen LogP contribution in [0.2, 0.25) is 0 Å². The number of nitrogen functional groups attached to an aromatic ring is 1. The van der Waals surface area contributed by atoms with Gasteiger partial charge in [-0.1, -0.05) is 12.1 Å². The van der Waals surface area contributed by atoms with Crippen molar-refractivity contribution in [2.75, 3.05) is 12.8 Å². The molecule has 0 saturated carbocycles. The number of aromatic amines is 1. The molecule has 4 heteroatoms. The summed E-state index contributed by atoms with van der Waals surface area (Å²) in [5.74, 6) is 0.720. The molecule has 0 bridgehead atoms. The minimum atomic E-state index is 0.610. The number of methoxy groups -OCH3 is 1. The highest BCUT2D eigenvalue weighted by Crippen LogP contribution is 2.27. The minimum Gasteiger partial charge on any atom is -0.496 e. The van der Waals surface area contributed by atoms with E-state index in [1.807, 2.05) is 30.5 Å². The molecule has 4 nitrogen and oxygen atoms in total. The average molecular weight is 280 g/mol. The lowest BCUT2D eigenvalue weighted by Crippen LogP contribution is -1.95. The Labute approximate surface area is 122 Å². The lowest BCUT2D eigenvalue weighted by Gasteiger charge is -2.08. The summed E-state index contributed by atoms with van der Waals surface area (Å²) in [4.78, 5) is 14.1. The second-order valence-electron chi connectivity index (χ2n) is 4.98. The Morgan fingerprint density at radius 2 is 2.05 bits per heavy atom. The fourth-order valence-electron chi connectivity index (χ4n) is 2.53. The van der Waals surface area contributed by atoms with Gasteiger partial charge in [0.2, 0.25) is 0 Å². The SMILES string of the molecule is COc1cc(C=O)ccc1Cc1c[nH]c2ccc(N)cc12. The Balaban J connectivity index is 2.02. The van der Waals surface area contributed by atoms with Gasteiger partial charge in [-0.2, -0.15) is 0 Å². The molecule has 0 spiro atoms. The number of aldehydes is 1. The first-order chi connectivity index (χ1) is 10.2. The van der Waals surface area contributed by atoms with Crippen LogP contribution in [-0.4, -0.2) is 18.4 Å². The lowest BCUT2D eigenvalue weighted by atomic mass is 10.0. The summed E-state index contributed by atoms with van der Waals surface area (Å²) in [6.45, 7) is 0. The Morgan fingerprint density at radius 3 is 2.81 bits per heavy atom. The first kappa shape index (κ1) is 13.2. The van der Waals surface area contributed by atoms with Crippen molar-refractivity contribution in [3.63, 3.8) is 0 Å². The third-order valence-corrected chi connectivity index (χ3v) is 3.62. The number of fused-ring (bicyclic) bond motifs is 1. The molecular weight excluding hydrogens is 264 g/mol. The number of hydrogen-bond acceptors (Lipinski definition) is 3. The van der Waals surface area contributed by atoms with Crippen LogP contribution in [0.1, 0.15) is 21.5 Å². The maximum absolute atomic E-state index is 10.8. The summed E-state index contributed by atoms with van der Waals surface area (Å²) in [5, 5.41) is 1.11. The Hall–Kier alpha value is -2.75. The van der Waals surface area contributed by atoms with Crippen molar-refractivity contribution in [2.24, 2.45) is 0 Å². The van der Waals surface area contributed by atoms with Gasteiger partial charge in [0.15, 0.2) is 0 Å². The van der Waals surface area contributed by atoms with Gasteiger partial charge in [-0.3, -0.25) is 4.79 Å². The van der Waals surface area contributed by atoms with Gasteiger partial charge < -0.3 is 15.5 Å². The summed E-state index contributed by atoms with van der Waals surface area (Å²) in [7, 11) is 1.61. The van der Waals surface area contributed by atoms with E-state index in [1.165, 1.54) is 0 Å². The number of rotatable bonds is 4. The number of benzene rings is 2. The number of nitrogens with two attached hydrogens (primary N) is 1. The predicted molar refractivity (Wildman–Crippen MR) is 83.9 cm³/mol. The van der Waals surface area contributed by atoms with E-state index in [1.54, 1.807) is 19.2 Å². The topological polar surface area (TPSA) is 68.1 Å². The van der Waals surface area contributed by atoms with Crippen LogP contribution in [0.15, 0.2) is 42.6 Å². The molecule has 1 aromatic heterocycles. The van der Waals surface area contributed by atoms with E-state index in [0.29, 0.717) is 12.0 Å². The molecule has 106 valence electrons. The Kier molecular flexibility index (Phi) is 3.36. The van der Waals surface area contributed by atoms with E-state index in [-0.39, 0.29) is 0 Å². The van der Waals surface area contributed by atoms with Crippen molar-refractivity contribution in [1.29, 1.82) is 0 Å². The molecule has 0 atom stereocenters. The van der Waals surface area contributed by atoms with Crippen LogP contribution < -0.4 is 10.5 Å². The maximum atomic E-state index is 10.8. The quantitative estimate of drug-likeness (QED) is 0.570. The van der Waals surface area contributed by atoms with Crippen LogP contribution in [0.3, 0.4) is 0 Å². The zero-order valence-electron chi connectivity index (χ0n) is 11.7. The fourth-order valence-corrected chi connectivity index (χ4v) is 2.53. The number of carbonyl (C=O) groups excluding carboxylic acids is 1. The molecular formula is C17H16N2O2. The van der Waals surface area contributed by atoms with Crippen molar-refractivity contribution in [1.82, 2.24) is 4.98 Å². The first-order valence-electron chi connectivity index (χ1n) is 6.69. The largest absolute Gasteiger partial charge is 0.496 e. The zero-order chi connectivity index (χ0) is 14.8. The summed E-state index contributed by atoms with van der Waals surface area (Å²) >= 11 is 0. The minimum absolute atomic E-state index is 0.610. The zero-order valence-corrected chi connectivity index (χ0v) is 11.7. The van der Waals surface area contributed by atoms with E-state index >= 15 is 0 Å². The van der Waals surface area contributed by atoms with Gasteiger partial charge in [-0.15, -0.1) is 0 Å². The normalized spacial score (nSPS) is 10.7. The first-order valence-corrected chi connectivity index (χ1v) is 6.69. The van der Waals surface area contributed by atoms with Gasteiger partial charge in [-0.25, -0.2) is 0 Å². The molecule has 0 aliphatic carbocycles. The number of H-pyrrole nitrogens is 1. The van der Waals surface area contributed by atoms with E-state index in [9.17, 15) is 4.79 Å². The molecule has 0 aliphatic heterocycles. The van der Waals surface area contributed by atoms with Gasteiger partial charge in [-0.05, 0) is 35.4 Å². The average Bonchev–Trinajstić information content (AvgIpc) is 2.90. The van der Waals surface area contributed by atoms with Crippen LogP contribution in [0.4, 0.5) is 5.69 Å². The summed E-state index contributed by atoms with van der Waals surface area (Å²) in [6.07, 6.45) is 3.52. The van der Waals surface area contributed by atoms with Gasteiger partial charge >= 0.3 is 0 Å². The Bertz CT molecular complexity index is 806. The highest BCUT2D eigenvalue weighted by Gasteiger charge is 2.09. The Morgan fingerprint density at radius 1 is 1.19 bits per heavy atom. The molecule has 3 N–H and O–H groups in total. The number of nitrogens with one attached hydrogen (secondary N) is 1. The molecule has 0 aliphatic rings. The lowest BCUT2D eigenvalue weighted by molar-refractivity contribution is 0.112. The van der Waals surface area contributed by atoms with Crippen molar-refractivity contribution < 1.29 is 9.53 Å². The molecule has 21 heavy (non-hydrogen) atoms. The summed E-state index contributed by atoms with van der Waals surface area (Å²) in [6, 6.07) is 11.3. The van der Waals surface area contributed by atoms with Crippen LogP contribution in [0.25, 0.3) is 10.9 Å². The second-order valence-corrected chi connectivity index (χ2v) is 4.98. The molecule has 0 saturated heterocycles. The predicted octanol–water partition coefficient (Wildman–Crippen LogP) is 3.16. The van der Waals surface area contributed by atoms with Gasteiger partial charge in [0, 0.05) is 34.8 Å². The fraction of sp³-hybridized carbons (Fsp3) is 0.118.